The predicted molar refractivity (Wildman–Crippen MR) is 70.2 cm³/mol. The molecule has 2 aliphatic rings. The van der Waals surface area contributed by atoms with E-state index in [-0.39, 0.29) is 0 Å². The smallest absolute Gasteiger partial charge is 0.203 e. The van der Waals surface area contributed by atoms with E-state index in [0.717, 1.165) is 5.95 Å². The Bertz CT molecular complexity index is 388. The first kappa shape index (κ1) is 11.1. The van der Waals surface area contributed by atoms with Gasteiger partial charge in [0.25, 0.3) is 0 Å². The normalized spacial score (nSPS) is 28.0. The van der Waals surface area contributed by atoms with Gasteiger partial charge >= 0.3 is 0 Å². The molecule has 0 amide bonds. The Morgan fingerprint density at radius 2 is 2.00 bits per heavy atom. The van der Waals surface area contributed by atoms with Crippen LogP contribution in [0.4, 0.5) is 5.95 Å². The molecule has 0 aromatic carbocycles. The molecule has 2 aliphatic carbocycles. The second-order valence-electron chi connectivity index (χ2n) is 6.34. The SMILES string of the molecule is CC1(C)CC1Nc1nccn1C1CCCCC1. The number of rotatable bonds is 3. The van der Waals surface area contributed by atoms with Crippen LogP contribution in [0, 0.1) is 5.41 Å². The van der Waals surface area contributed by atoms with Crippen molar-refractivity contribution in [1.29, 1.82) is 0 Å². The first-order valence-corrected chi connectivity index (χ1v) is 6.96. The zero-order chi connectivity index (χ0) is 11.9. The number of nitrogens with zero attached hydrogens (tertiary/aromatic N) is 2. The highest BCUT2D eigenvalue weighted by molar-refractivity contribution is 5.33. The first-order chi connectivity index (χ1) is 8.17. The summed E-state index contributed by atoms with van der Waals surface area (Å²) in [5.41, 5.74) is 0.462. The summed E-state index contributed by atoms with van der Waals surface area (Å²) in [4.78, 5) is 4.49. The van der Waals surface area contributed by atoms with Gasteiger partial charge in [0.15, 0.2) is 0 Å². The Hall–Kier alpha value is -0.990. The molecule has 1 N–H and O–H groups in total. The molecule has 0 bridgehead atoms. The summed E-state index contributed by atoms with van der Waals surface area (Å²) in [6.07, 6.45) is 12.1. The van der Waals surface area contributed by atoms with E-state index >= 15 is 0 Å². The minimum Gasteiger partial charge on any atom is -0.352 e. The molecule has 0 spiro atoms. The maximum Gasteiger partial charge on any atom is 0.203 e. The van der Waals surface area contributed by atoms with Gasteiger partial charge in [-0.15, -0.1) is 0 Å². The van der Waals surface area contributed by atoms with Crippen LogP contribution in [0.15, 0.2) is 12.4 Å². The van der Waals surface area contributed by atoms with Crippen molar-refractivity contribution in [2.24, 2.45) is 5.41 Å². The lowest BCUT2D eigenvalue weighted by molar-refractivity contribution is 0.355. The van der Waals surface area contributed by atoms with Gasteiger partial charge in [-0.3, -0.25) is 0 Å². The lowest BCUT2D eigenvalue weighted by Gasteiger charge is -2.25. The molecule has 3 heteroatoms. The van der Waals surface area contributed by atoms with E-state index in [0.29, 0.717) is 17.5 Å². The number of aromatic nitrogens is 2. The maximum absolute atomic E-state index is 4.49. The second kappa shape index (κ2) is 4.04. The van der Waals surface area contributed by atoms with Gasteiger partial charge in [-0.05, 0) is 24.7 Å². The molecule has 3 nitrogen and oxygen atoms in total. The molecule has 2 fully saturated rings. The van der Waals surface area contributed by atoms with Crippen LogP contribution in [-0.2, 0) is 0 Å². The quantitative estimate of drug-likeness (QED) is 0.864. The van der Waals surface area contributed by atoms with Gasteiger partial charge in [0.05, 0.1) is 0 Å². The zero-order valence-corrected chi connectivity index (χ0v) is 10.9. The predicted octanol–water partition coefficient (Wildman–Crippen LogP) is 3.60. The molecule has 0 radical (unpaired) electrons. The van der Waals surface area contributed by atoms with E-state index in [1.807, 2.05) is 6.20 Å². The van der Waals surface area contributed by atoms with E-state index in [4.69, 9.17) is 0 Å². The third-order valence-corrected chi connectivity index (χ3v) is 4.45. The zero-order valence-electron chi connectivity index (χ0n) is 10.9. The fourth-order valence-electron chi connectivity index (χ4n) is 2.95. The highest BCUT2D eigenvalue weighted by Gasteiger charge is 2.46. The molecule has 3 rings (SSSR count). The first-order valence-electron chi connectivity index (χ1n) is 6.96. The van der Waals surface area contributed by atoms with E-state index in [9.17, 15) is 0 Å². The average Bonchev–Trinajstić information content (AvgIpc) is 2.76. The van der Waals surface area contributed by atoms with Crippen LogP contribution in [0.5, 0.6) is 0 Å². The molecule has 2 saturated carbocycles. The molecule has 17 heavy (non-hydrogen) atoms. The van der Waals surface area contributed by atoms with Crippen molar-refractivity contribution in [1.82, 2.24) is 9.55 Å². The van der Waals surface area contributed by atoms with Gasteiger partial charge in [0.2, 0.25) is 5.95 Å². The van der Waals surface area contributed by atoms with Crippen LogP contribution in [0.2, 0.25) is 0 Å². The fourth-order valence-corrected chi connectivity index (χ4v) is 2.95. The third-order valence-electron chi connectivity index (χ3n) is 4.45. The van der Waals surface area contributed by atoms with Crippen LogP contribution in [0.25, 0.3) is 0 Å². The van der Waals surface area contributed by atoms with Crippen LogP contribution in [0.1, 0.15) is 58.4 Å². The van der Waals surface area contributed by atoms with Gasteiger partial charge in [-0.25, -0.2) is 4.98 Å². The summed E-state index contributed by atoms with van der Waals surface area (Å²) < 4.78 is 2.37. The fraction of sp³-hybridized carbons (Fsp3) is 0.786. The number of hydrogen-bond acceptors (Lipinski definition) is 2. The summed E-state index contributed by atoms with van der Waals surface area (Å²) >= 11 is 0. The molecular weight excluding hydrogens is 210 g/mol. The summed E-state index contributed by atoms with van der Waals surface area (Å²) in [7, 11) is 0. The van der Waals surface area contributed by atoms with E-state index in [1.54, 1.807) is 0 Å². The Morgan fingerprint density at radius 1 is 1.29 bits per heavy atom. The van der Waals surface area contributed by atoms with Crippen LogP contribution >= 0.6 is 0 Å². The molecule has 0 aliphatic heterocycles. The van der Waals surface area contributed by atoms with Gasteiger partial charge in [0.1, 0.15) is 0 Å². The Kier molecular flexibility index (Phi) is 2.64. The molecule has 1 atom stereocenters. The van der Waals surface area contributed by atoms with Gasteiger partial charge in [-0.2, -0.15) is 0 Å². The number of anilines is 1. The van der Waals surface area contributed by atoms with E-state index < -0.39 is 0 Å². The maximum atomic E-state index is 4.49. The summed E-state index contributed by atoms with van der Waals surface area (Å²) in [5.74, 6) is 1.09. The van der Waals surface area contributed by atoms with Gasteiger partial charge in [0, 0.05) is 24.5 Å². The van der Waals surface area contributed by atoms with Gasteiger partial charge < -0.3 is 9.88 Å². The third kappa shape index (κ3) is 2.20. The van der Waals surface area contributed by atoms with E-state index in [2.05, 4.69) is 34.9 Å². The van der Waals surface area contributed by atoms with Crippen LogP contribution in [-0.4, -0.2) is 15.6 Å². The van der Waals surface area contributed by atoms with Crippen LogP contribution < -0.4 is 5.32 Å². The number of hydrogen-bond donors (Lipinski definition) is 1. The lowest BCUT2D eigenvalue weighted by atomic mass is 9.95. The summed E-state index contributed by atoms with van der Waals surface area (Å²) in [6, 6.07) is 1.29. The highest BCUT2D eigenvalue weighted by atomic mass is 15.2. The molecular formula is C14H23N3. The lowest BCUT2D eigenvalue weighted by Crippen LogP contribution is -2.18. The van der Waals surface area contributed by atoms with Crippen molar-refractivity contribution in [2.75, 3.05) is 5.32 Å². The Labute approximate surface area is 104 Å². The second-order valence-corrected chi connectivity index (χ2v) is 6.34. The minimum atomic E-state index is 0.462. The van der Waals surface area contributed by atoms with Crippen molar-refractivity contribution < 1.29 is 0 Å². The van der Waals surface area contributed by atoms with Crippen LogP contribution in [0.3, 0.4) is 0 Å². The van der Waals surface area contributed by atoms with Crippen molar-refractivity contribution in [3.63, 3.8) is 0 Å². The van der Waals surface area contributed by atoms with Gasteiger partial charge in [-0.1, -0.05) is 33.1 Å². The Balaban J connectivity index is 1.70. The molecule has 94 valence electrons. The van der Waals surface area contributed by atoms with Crippen molar-refractivity contribution in [2.45, 2.75) is 64.5 Å². The summed E-state index contributed by atoms with van der Waals surface area (Å²) in [6.45, 7) is 4.64. The molecule has 1 heterocycles. The Morgan fingerprint density at radius 3 is 2.65 bits per heavy atom. The minimum absolute atomic E-state index is 0.462. The van der Waals surface area contributed by atoms with E-state index in [1.165, 1.54) is 38.5 Å². The topological polar surface area (TPSA) is 29.9 Å². The van der Waals surface area contributed by atoms with Crippen molar-refractivity contribution in [3.05, 3.63) is 12.4 Å². The van der Waals surface area contributed by atoms with Crippen molar-refractivity contribution in [3.8, 4) is 0 Å². The molecule has 1 aromatic heterocycles. The highest BCUT2D eigenvalue weighted by Crippen LogP contribution is 2.46. The standard InChI is InChI=1S/C14H23N3/c1-14(2)10-12(14)16-13-15-8-9-17(13)11-6-4-3-5-7-11/h8-9,11-12H,3-7,10H2,1-2H3,(H,15,16). The monoisotopic (exact) mass is 233 g/mol. The molecule has 1 unspecified atom stereocenters. The number of imidazole rings is 1. The molecule has 1 aromatic rings. The average molecular weight is 233 g/mol. The van der Waals surface area contributed by atoms with Crippen molar-refractivity contribution >= 4 is 5.95 Å². The largest absolute Gasteiger partial charge is 0.352 e. The number of nitrogens with one attached hydrogen (secondary N) is 1. The molecule has 0 saturated heterocycles. The summed E-state index contributed by atoms with van der Waals surface area (Å²) in [5, 5.41) is 3.60.